The Morgan fingerprint density at radius 2 is 1.83 bits per heavy atom. The Labute approximate surface area is 214 Å². The Morgan fingerprint density at radius 3 is 2.47 bits per heavy atom. The highest BCUT2D eigenvalue weighted by Gasteiger charge is 2.37. The molecule has 3 aromatic rings. The standard InChI is InChI=1S/C24H20Cl2F3N3O4/c1-13-20(24(27,28)29)31-23(30-19-9-8-15(25)10-18(19)26)32-21(13)36-11-14-6-4-5-7-16(14)17(12-34-2)22(33)35-3/h4-10,12H,11H2,1-3H3,(H,30,31,32)/b17-12+. The van der Waals surface area contributed by atoms with E-state index >= 15 is 0 Å². The lowest BCUT2D eigenvalue weighted by Gasteiger charge is -2.17. The van der Waals surface area contributed by atoms with Crippen LogP contribution in [0, 0.1) is 6.92 Å². The van der Waals surface area contributed by atoms with Gasteiger partial charge < -0.3 is 19.5 Å². The number of alkyl halides is 3. The van der Waals surface area contributed by atoms with Crippen molar-refractivity contribution in [3.63, 3.8) is 0 Å². The minimum Gasteiger partial charge on any atom is -0.503 e. The van der Waals surface area contributed by atoms with Gasteiger partial charge in [0.2, 0.25) is 11.8 Å². The lowest BCUT2D eigenvalue weighted by atomic mass is 10.0. The third kappa shape index (κ3) is 6.38. The number of ether oxygens (including phenoxy) is 3. The van der Waals surface area contributed by atoms with Crippen molar-refractivity contribution in [3.05, 3.63) is 81.2 Å². The second kappa shape index (κ2) is 11.5. The summed E-state index contributed by atoms with van der Waals surface area (Å²) in [6.45, 7) is 0.984. The fraction of sp³-hybridized carbons (Fsp3) is 0.208. The number of benzene rings is 2. The Hall–Kier alpha value is -3.50. The number of nitrogens with zero attached hydrogens (tertiary/aromatic N) is 2. The molecular weight excluding hydrogens is 522 g/mol. The van der Waals surface area contributed by atoms with Crippen molar-refractivity contribution in [2.24, 2.45) is 0 Å². The van der Waals surface area contributed by atoms with Crippen LogP contribution < -0.4 is 10.1 Å². The van der Waals surface area contributed by atoms with E-state index in [-0.39, 0.29) is 40.3 Å². The first-order valence-electron chi connectivity index (χ1n) is 10.3. The summed E-state index contributed by atoms with van der Waals surface area (Å²) in [6.07, 6.45) is -3.57. The summed E-state index contributed by atoms with van der Waals surface area (Å²) in [6, 6.07) is 11.1. The molecular formula is C24H20Cl2F3N3O4. The number of halogens is 5. The zero-order chi connectivity index (χ0) is 26.5. The highest BCUT2D eigenvalue weighted by atomic mass is 35.5. The molecule has 190 valence electrons. The number of esters is 1. The summed E-state index contributed by atoms with van der Waals surface area (Å²) >= 11 is 12.0. The third-order valence-electron chi connectivity index (χ3n) is 4.86. The minimum absolute atomic E-state index is 0.106. The van der Waals surface area contributed by atoms with Gasteiger partial charge in [0.1, 0.15) is 12.2 Å². The van der Waals surface area contributed by atoms with Crippen LogP contribution in [0.1, 0.15) is 22.4 Å². The second-order valence-corrected chi connectivity index (χ2v) is 8.12. The van der Waals surface area contributed by atoms with Gasteiger partial charge in [-0.1, -0.05) is 47.5 Å². The van der Waals surface area contributed by atoms with Crippen molar-refractivity contribution in [2.75, 3.05) is 19.5 Å². The largest absolute Gasteiger partial charge is 0.503 e. The monoisotopic (exact) mass is 541 g/mol. The first kappa shape index (κ1) is 27.1. The van der Waals surface area contributed by atoms with E-state index in [1.165, 1.54) is 45.6 Å². The number of hydrogen-bond donors (Lipinski definition) is 1. The van der Waals surface area contributed by atoms with E-state index in [9.17, 15) is 18.0 Å². The molecule has 0 spiro atoms. The average molecular weight is 542 g/mol. The van der Waals surface area contributed by atoms with Gasteiger partial charge in [-0.15, -0.1) is 0 Å². The number of hydrogen-bond acceptors (Lipinski definition) is 7. The Kier molecular flexibility index (Phi) is 8.65. The molecule has 0 amide bonds. The molecule has 0 aliphatic rings. The summed E-state index contributed by atoms with van der Waals surface area (Å²) in [5.41, 5.74) is -0.236. The highest BCUT2D eigenvalue weighted by molar-refractivity contribution is 6.36. The van der Waals surface area contributed by atoms with E-state index in [0.29, 0.717) is 16.1 Å². The van der Waals surface area contributed by atoms with E-state index in [1.54, 1.807) is 24.3 Å². The Balaban J connectivity index is 1.99. The van der Waals surface area contributed by atoms with Crippen LogP contribution >= 0.6 is 23.2 Å². The first-order valence-corrected chi connectivity index (χ1v) is 11.0. The van der Waals surface area contributed by atoms with Gasteiger partial charge in [0.05, 0.1) is 31.2 Å². The van der Waals surface area contributed by atoms with Crippen molar-refractivity contribution in [2.45, 2.75) is 19.7 Å². The third-order valence-corrected chi connectivity index (χ3v) is 5.41. The van der Waals surface area contributed by atoms with Gasteiger partial charge in [-0.2, -0.15) is 18.2 Å². The van der Waals surface area contributed by atoms with Crippen molar-refractivity contribution in [1.82, 2.24) is 9.97 Å². The van der Waals surface area contributed by atoms with E-state index < -0.39 is 17.8 Å². The minimum atomic E-state index is -4.78. The Morgan fingerprint density at radius 1 is 1.11 bits per heavy atom. The van der Waals surface area contributed by atoms with E-state index in [2.05, 4.69) is 15.3 Å². The van der Waals surface area contributed by atoms with Gasteiger partial charge in [0, 0.05) is 10.6 Å². The molecule has 0 atom stereocenters. The fourth-order valence-electron chi connectivity index (χ4n) is 3.18. The van der Waals surface area contributed by atoms with Gasteiger partial charge in [0.15, 0.2) is 5.69 Å². The van der Waals surface area contributed by atoms with Crippen LogP contribution in [0.25, 0.3) is 5.57 Å². The molecule has 3 rings (SSSR count). The molecule has 0 saturated carbocycles. The molecule has 36 heavy (non-hydrogen) atoms. The zero-order valence-electron chi connectivity index (χ0n) is 19.2. The molecule has 0 fully saturated rings. The number of anilines is 2. The molecule has 1 aromatic heterocycles. The zero-order valence-corrected chi connectivity index (χ0v) is 20.8. The normalized spacial score (nSPS) is 11.7. The summed E-state index contributed by atoms with van der Waals surface area (Å²) in [7, 11) is 2.59. The van der Waals surface area contributed by atoms with Gasteiger partial charge in [-0.25, -0.2) is 9.78 Å². The summed E-state index contributed by atoms with van der Waals surface area (Å²) < 4.78 is 56.7. The summed E-state index contributed by atoms with van der Waals surface area (Å²) in [5.74, 6) is -1.35. The topological polar surface area (TPSA) is 82.6 Å². The van der Waals surface area contributed by atoms with E-state index in [4.69, 9.17) is 37.4 Å². The molecule has 7 nitrogen and oxygen atoms in total. The SMILES string of the molecule is CO/C=C(/C(=O)OC)c1ccccc1COc1nc(Nc2ccc(Cl)cc2Cl)nc(C(F)(F)F)c1C. The molecule has 12 heteroatoms. The number of carbonyl (C=O) groups is 1. The van der Waals surface area contributed by atoms with Crippen LogP contribution in [0.2, 0.25) is 10.0 Å². The van der Waals surface area contributed by atoms with E-state index in [0.717, 1.165) is 0 Å². The molecule has 0 radical (unpaired) electrons. The number of aromatic nitrogens is 2. The lowest BCUT2D eigenvalue weighted by Crippen LogP contribution is -2.15. The molecule has 2 aromatic carbocycles. The second-order valence-electron chi connectivity index (χ2n) is 7.28. The van der Waals surface area contributed by atoms with Crippen LogP contribution in [-0.4, -0.2) is 30.2 Å². The molecule has 0 bridgehead atoms. The number of rotatable bonds is 8. The van der Waals surface area contributed by atoms with Crippen LogP contribution in [0.3, 0.4) is 0 Å². The highest BCUT2D eigenvalue weighted by Crippen LogP contribution is 2.36. The van der Waals surface area contributed by atoms with Crippen molar-refractivity contribution >= 4 is 46.4 Å². The molecule has 0 saturated heterocycles. The molecule has 0 unspecified atom stereocenters. The lowest BCUT2D eigenvalue weighted by molar-refractivity contribution is -0.141. The maximum absolute atomic E-state index is 13.7. The van der Waals surface area contributed by atoms with Crippen molar-refractivity contribution < 1.29 is 32.2 Å². The summed E-state index contributed by atoms with van der Waals surface area (Å²) in [4.78, 5) is 20.0. The average Bonchev–Trinajstić information content (AvgIpc) is 2.83. The van der Waals surface area contributed by atoms with Crippen molar-refractivity contribution in [3.8, 4) is 5.88 Å². The van der Waals surface area contributed by atoms with Gasteiger partial charge in [0.25, 0.3) is 0 Å². The molecule has 0 aliphatic heterocycles. The maximum atomic E-state index is 13.7. The molecule has 1 heterocycles. The number of carbonyl (C=O) groups excluding carboxylic acids is 1. The van der Waals surface area contributed by atoms with Gasteiger partial charge in [-0.3, -0.25) is 0 Å². The molecule has 1 N–H and O–H groups in total. The summed E-state index contributed by atoms with van der Waals surface area (Å²) in [5, 5.41) is 3.18. The predicted molar refractivity (Wildman–Crippen MR) is 129 cm³/mol. The fourth-order valence-corrected chi connectivity index (χ4v) is 3.64. The van der Waals surface area contributed by atoms with Crippen molar-refractivity contribution in [1.29, 1.82) is 0 Å². The number of methoxy groups -OCH3 is 2. The van der Waals surface area contributed by atoms with Crippen LogP contribution in [0.4, 0.5) is 24.8 Å². The van der Waals surface area contributed by atoms with Crippen LogP contribution in [0.15, 0.2) is 48.7 Å². The number of nitrogens with one attached hydrogen (secondary N) is 1. The Bertz CT molecular complexity index is 1300. The molecule has 0 aliphatic carbocycles. The maximum Gasteiger partial charge on any atom is 0.433 e. The predicted octanol–water partition coefficient (Wildman–Crippen LogP) is 6.59. The smallest absolute Gasteiger partial charge is 0.433 e. The van der Waals surface area contributed by atoms with Gasteiger partial charge in [-0.05, 0) is 36.2 Å². The van der Waals surface area contributed by atoms with Crippen LogP contribution in [-0.2, 0) is 27.1 Å². The van der Waals surface area contributed by atoms with E-state index in [1.807, 2.05) is 0 Å². The quantitative estimate of drug-likeness (QED) is 0.195. The van der Waals surface area contributed by atoms with Crippen LogP contribution in [0.5, 0.6) is 5.88 Å². The first-order chi connectivity index (χ1) is 17.0. The van der Waals surface area contributed by atoms with Gasteiger partial charge >= 0.3 is 12.1 Å².